The largest absolute Gasteiger partial charge is 0.303 e. The summed E-state index contributed by atoms with van der Waals surface area (Å²) in [7, 11) is 0. The molecule has 2 heteroatoms. The van der Waals surface area contributed by atoms with Crippen LogP contribution in [-0.4, -0.2) is 0 Å². The first-order chi connectivity index (χ1) is 9.20. The molecule has 0 aliphatic rings. The summed E-state index contributed by atoms with van der Waals surface area (Å²) in [5, 5.41) is 3.72. The topological polar surface area (TPSA) is 12.0 Å². The van der Waals surface area contributed by atoms with Gasteiger partial charge in [-0.15, -0.1) is 0 Å². The molecule has 0 fully saturated rings. The zero-order chi connectivity index (χ0) is 13.7. The minimum Gasteiger partial charge on any atom is -0.303 e. The summed E-state index contributed by atoms with van der Waals surface area (Å²) in [6, 6.07) is 20.2. The molecule has 2 aromatic carbocycles. The van der Waals surface area contributed by atoms with Crippen LogP contribution in [0.3, 0.4) is 0 Å². The average Bonchev–Trinajstić information content (AvgIpc) is 2.46. The molecule has 0 radical (unpaired) electrons. The van der Waals surface area contributed by atoms with Crippen LogP contribution >= 0.6 is 22.6 Å². The first kappa shape index (κ1) is 14.5. The van der Waals surface area contributed by atoms with Gasteiger partial charge in [0, 0.05) is 15.7 Å². The van der Waals surface area contributed by atoms with E-state index in [4.69, 9.17) is 0 Å². The van der Waals surface area contributed by atoms with Crippen molar-refractivity contribution in [3.05, 3.63) is 69.3 Å². The van der Waals surface area contributed by atoms with Gasteiger partial charge in [0.15, 0.2) is 0 Å². The minimum atomic E-state index is 0.363. The normalized spacial score (nSPS) is 14.1. The summed E-state index contributed by atoms with van der Waals surface area (Å²) in [5.41, 5.74) is 2.71. The predicted molar refractivity (Wildman–Crippen MR) is 90.2 cm³/mol. The van der Waals surface area contributed by atoms with Crippen LogP contribution in [0.15, 0.2) is 54.6 Å². The third-order valence-corrected chi connectivity index (χ3v) is 4.15. The Morgan fingerprint density at radius 1 is 0.947 bits per heavy atom. The van der Waals surface area contributed by atoms with Crippen LogP contribution in [0.5, 0.6) is 0 Å². The standard InChI is InChI=1S/C17H20IN/c1-3-17(15-7-5-4-6-8-15)19-13(2)14-9-11-16(18)12-10-14/h4-13,17,19H,3H2,1-2H3. The Morgan fingerprint density at radius 3 is 2.16 bits per heavy atom. The molecule has 0 saturated heterocycles. The lowest BCUT2D eigenvalue weighted by Gasteiger charge is -2.23. The van der Waals surface area contributed by atoms with Gasteiger partial charge in [-0.05, 0) is 59.2 Å². The van der Waals surface area contributed by atoms with E-state index >= 15 is 0 Å². The Kier molecular flexibility index (Phi) is 5.40. The molecule has 0 aliphatic heterocycles. The fourth-order valence-electron chi connectivity index (χ4n) is 2.28. The number of hydrogen-bond acceptors (Lipinski definition) is 1. The van der Waals surface area contributed by atoms with Crippen molar-refractivity contribution >= 4 is 22.6 Å². The van der Waals surface area contributed by atoms with E-state index in [1.54, 1.807) is 0 Å². The lowest BCUT2D eigenvalue weighted by atomic mass is 10.0. The lowest BCUT2D eigenvalue weighted by molar-refractivity contribution is 0.456. The first-order valence-corrected chi connectivity index (χ1v) is 7.85. The van der Waals surface area contributed by atoms with Gasteiger partial charge in [-0.25, -0.2) is 0 Å². The quantitative estimate of drug-likeness (QED) is 0.728. The number of hydrogen-bond donors (Lipinski definition) is 1. The highest BCUT2D eigenvalue weighted by molar-refractivity contribution is 14.1. The number of benzene rings is 2. The highest BCUT2D eigenvalue weighted by atomic mass is 127. The maximum Gasteiger partial charge on any atom is 0.0323 e. The van der Waals surface area contributed by atoms with E-state index < -0.39 is 0 Å². The molecule has 19 heavy (non-hydrogen) atoms. The van der Waals surface area contributed by atoms with Crippen molar-refractivity contribution in [2.24, 2.45) is 0 Å². The highest BCUT2D eigenvalue weighted by Crippen LogP contribution is 2.22. The maximum atomic E-state index is 3.72. The van der Waals surface area contributed by atoms with E-state index in [1.165, 1.54) is 14.7 Å². The Bertz CT molecular complexity index is 492. The van der Waals surface area contributed by atoms with Crippen molar-refractivity contribution < 1.29 is 0 Å². The van der Waals surface area contributed by atoms with Gasteiger partial charge in [-0.2, -0.15) is 0 Å². The highest BCUT2D eigenvalue weighted by Gasteiger charge is 2.13. The molecule has 1 N–H and O–H groups in total. The molecule has 0 aliphatic carbocycles. The fourth-order valence-corrected chi connectivity index (χ4v) is 2.64. The van der Waals surface area contributed by atoms with Crippen LogP contribution < -0.4 is 5.32 Å². The molecule has 100 valence electrons. The minimum absolute atomic E-state index is 0.363. The second-order valence-electron chi connectivity index (χ2n) is 4.81. The van der Waals surface area contributed by atoms with E-state index in [0.717, 1.165) is 6.42 Å². The number of rotatable bonds is 5. The van der Waals surface area contributed by atoms with Gasteiger partial charge >= 0.3 is 0 Å². The molecule has 0 bridgehead atoms. The molecule has 2 rings (SSSR count). The van der Waals surface area contributed by atoms with Crippen molar-refractivity contribution in [2.75, 3.05) is 0 Å². The molecule has 0 aromatic heterocycles. The SMILES string of the molecule is CCC(NC(C)c1ccc(I)cc1)c1ccccc1. The molecule has 0 spiro atoms. The third kappa shape index (κ3) is 4.05. The van der Waals surface area contributed by atoms with Gasteiger partial charge in [0.1, 0.15) is 0 Å². The van der Waals surface area contributed by atoms with Crippen LogP contribution in [0.1, 0.15) is 43.5 Å². The number of nitrogens with one attached hydrogen (secondary N) is 1. The van der Waals surface area contributed by atoms with Gasteiger partial charge in [0.25, 0.3) is 0 Å². The average molecular weight is 365 g/mol. The van der Waals surface area contributed by atoms with E-state index in [9.17, 15) is 0 Å². The zero-order valence-corrected chi connectivity index (χ0v) is 13.6. The molecule has 2 atom stereocenters. The summed E-state index contributed by atoms with van der Waals surface area (Å²) in [6.07, 6.45) is 1.10. The molecular weight excluding hydrogens is 345 g/mol. The summed E-state index contributed by atoms with van der Waals surface area (Å²) < 4.78 is 1.28. The van der Waals surface area contributed by atoms with Crippen molar-refractivity contribution in [3.8, 4) is 0 Å². The van der Waals surface area contributed by atoms with Gasteiger partial charge in [-0.1, -0.05) is 49.4 Å². The second-order valence-corrected chi connectivity index (χ2v) is 6.06. The molecule has 0 amide bonds. The van der Waals surface area contributed by atoms with E-state index in [1.807, 2.05) is 0 Å². The van der Waals surface area contributed by atoms with E-state index in [-0.39, 0.29) is 0 Å². The Hall–Kier alpha value is -0.870. The predicted octanol–water partition coefficient (Wildman–Crippen LogP) is 5.09. The molecule has 2 aromatic rings. The fraction of sp³-hybridized carbons (Fsp3) is 0.294. The van der Waals surface area contributed by atoms with Crippen LogP contribution in [0.25, 0.3) is 0 Å². The second kappa shape index (κ2) is 7.06. The smallest absolute Gasteiger partial charge is 0.0323 e. The Labute approximate surface area is 129 Å². The van der Waals surface area contributed by atoms with Crippen molar-refractivity contribution in [2.45, 2.75) is 32.4 Å². The number of halogens is 1. The Balaban J connectivity index is 2.08. The Morgan fingerprint density at radius 2 is 1.58 bits per heavy atom. The lowest BCUT2D eigenvalue weighted by Crippen LogP contribution is -2.24. The van der Waals surface area contributed by atoms with Gasteiger partial charge in [0.2, 0.25) is 0 Å². The van der Waals surface area contributed by atoms with Crippen molar-refractivity contribution in [1.82, 2.24) is 5.32 Å². The van der Waals surface area contributed by atoms with Crippen molar-refractivity contribution in [1.29, 1.82) is 0 Å². The van der Waals surface area contributed by atoms with Gasteiger partial charge in [-0.3, -0.25) is 0 Å². The maximum absolute atomic E-state index is 3.72. The summed E-state index contributed by atoms with van der Waals surface area (Å²) in [4.78, 5) is 0. The van der Waals surface area contributed by atoms with Crippen LogP contribution in [0.2, 0.25) is 0 Å². The van der Waals surface area contributed by atoms with E-state index in [2.05, 4.69) is 96.4 Å². The molecular formula is C17H20IN. The molecule has 2 unspecified atom stereocenters. The van der Waals surface area contributed by atoms with Crippen LogP contribution in [-0.2, 0) is 0 Å². The molecule has 0 heterocycles. The van der Waals surface area contributed by atoms with E-state index in [0.29, 0.717) is 12.1 Å². The third-order valence-electron chi connectivity index (χ3n) is 3.43. The first-order valence-electron chi connectivity index (χ1n) is 6.77. The van der Waals surface area contributed by atoms with Crippen LogP contribution in [0, 0.1) is 3.57 Å². The summed E-state index contributed by atoms with van der Waals surface area (Å²) in [5.74, 6) is 0. The van der Waals surface area contributed by atoms with Gasteiger partial charge in [0.05, 0.1) is 0 Å². The summed E-state index contributed by atoms with van der Waals surface area (Å²) in [6.45, 7) is 4.46. The summed E-state index contributed by atoms with van der Waals surface area (Å²) >= 11 is 2.34. The zero-order valence-electron chi connectivity index (χ0n) is 11.4. The van der Waals surface area contributed by atoms with Crippen LogP contribution in [0.4, 0.5) is 0 Å². The van der Waals surface area contributed by atoms with Crippen molar-refractivity contribution in [3.63, 3.8) is 0 Å². The van der Waals surface area contributed by atoms with Gasteiger partial charge < -0.3 is 5.32 Å². The molecule has 1 nitrogen and oxygen atoms in total. The monoisotopic (exact) mass is 365 g/mol. The molecule has 0 saturated carbocycles.